The summed E-state index contributed by atoms with van der Waals surface area (Å²) in [5.74, 6) is 0.365. The van der Waals surface area contributed by atoms with Gasteiger partial charge in [0.2, 0.25) is 0 Å². The van der Waals surface area contributed by atoms with Crippen molar-refractivity contribution >= 4 is 5.96 Å². The van der Waals surface area contributed by atoms with E-state index in [1.165, 1.54) is 0 Å². The summed E-state index contributed by atoms with van der Waals surface area (Å²) < 4.78 is 5.23. The molecule has 0 saturated carbocycles. The lowest BCUT2D eigenvalue weighted by Gasteiger charge is -2.27. The number of nitrogens with one attached hydrogen (secondary N) is 1. The Morgan fingerprint density at radius 3 is 3.08 bits per heavy atom. The van der Waals surface area contributed by atoms with E-state index in [1.54, 1.807) is 0 Å². The predicted octanol–water partition coefficient (Wildman–Crippen LogP) is -1.14. The topological polar surface area (TPSA) is 85.7 Å². The van der Waals surface area contributed by atoms with E-state index in [4.69, 9.17) is 16.2 Å². The van der Waals surface area contributed by atoms with Gasteiger partial charge in [-0.15, -0.1) is 0 Å². The second kappa shape index (κ2) is 2.21. The summed E-state index contributed by atoms with van der Waals surface area (Å²) in [5.41, 5.74) is 12.7. The summed E-state index contributed by atoms with van der Waals surface area (Å²) >= 11 is 0. The molecule has 0 bridgehead atoms. The normalized spacial score (nSPS) is 34.3. The van der Waals surface area contributed by atoms with E-state index in [-0.39, 0.29) is 0 Å². The summed E-state index contributed by atoms with van der Waals surface area (Å²) in [7, 11) is 0. The van der Waals surface area contributed by atoms with Crippen molar-refractivity contribution in [2.45, 2.75) is 12.6 Å². The monoisotopic (exact) mass is 168 g/mol. The van der Waals surface area contributed by atoms with Gasteiger partial charge in [-0.25, -0.2) is 4.99 Å². The van der Waals surface area contributed by atoms with Crippen LogP contribution in [-0.2, 0) is 4.74 Å². The van der Waals surface area contributed by atoms with E-state index in [9.17, 15) is 0 Å². The van der Waals surface area contributed by atoms with Crippen LogP contribution in [0.2, 0.25) is 0 Å². The van der Waals surface area contributed by atoms with Gasteiger partial charge in [0.15, 0.2) is 5.96 Å². The fourth-order valence-electron chi connectivity index (χ4n) is 1.49. The molecule has 12 heavy (non-hydrogen) atoms. The van der Waals surface area contributed by atoms with E-state index in [1.807, 2.05) is 6.92 Å². The lowest BCUT2D eigenvalue weighted by atomic mass is 10.0. The third kappa shape index (κ3) is 0.981. The van der Waals surface area contributed by atoms with Crippen LogP contribution in [0.4, 0.5) is 0 Å². The van der Waals surface area contributed by atoms with Crippen LogP contribution >= 0.6 is 0 Å². The van der Waals surface area contributed by atoms with Gasteiger partial charge in [-0.1, -0.05) is 0 Å². The Kier molecular flexibility index (Phi) is 1.39. The van der Waals surface area contributed by atoms with Gasteiger partial charge in [0.1, 0.15) is 5.66 Å². The van der Waals surface area contributed by atoms with E-state index >= 15 is 0 Å². The molecular weight excluding hydrogens is 156 g/mol. The predicted molar refractivity (Wildman–Crippen MR) is 45.2 cm³/mol. The molecule has 5 nitrogen and oxygen atoms in total. The molecule has 0 aromatic rings. The molecule has 1 unspecified atom stereocenters. The summed E-state index contributed by atoms with van der Waals surface area (Å²) in [6, 6.07) is 0. The average molecular weight is 168 g/mol. The lowest BCUT2D eigenvalue weighted by Crippen LogP contribution is -2.48. The number of rotatable bonds is 0. The summed E-state index contributed by atoms with van der Waals surface area (Å²) in [6.45, 7) is 2.93. The molecule has 0 amide bonds. The number of hydrogen-bond acceptors (Lipinski definition) is 5. The van der Waals surface area contributed by atoms with E-state index < -0.39 is 5.66 Å². The van der Waals surface area contributed by atoms with Crippen molar-refractivity contribution in [3.05, 3.63) is 11.3 Å². The van der Waals surface area contributed by atoms with Gasteiger partial charge >= 0.3 is 0 Å². The van der Waals surface area contributed by atoms with Crippen molar-refractivity contribution in [3.63, 3.8) is 0 Å². The van der Waals surface area contributed by atoms with Crippen LogP contribution in [0.5, 0.6) is 0 Å². The van der Waals surface area contributed by atoms with Gasteiger partial charge in [0.25, 0.3) is 0 Å². The third-order valence-electron chi connectivity index (χ3n) is 2.10. The SMILES string of the molecule is CC1(N)N=C(N)NC2=C1COC2. The zero-order valence-corrected chi connectivity index (χ0v) is 6.92. The fraction of sp³-hybridized carbons (Fsp3) is 0.571. The van der Waals surface area contributed by atoms with Gasteiger partial charge in [-0.2, -0.15) is 0 Å². The molecule has 66 valence electrons. The van der Waals surface area contributed by atoms with Crippen LogP contribution in [0.25, 0.3) is 0 Å². The van der Waals surface area contributed by atoms with Crippen LogP contribution in [0.1, 0.15) is 6.92 Å². The van der Waals surface area contributed by atoms with E-state index in [2.05, 4.69) is 10.3 Å². The Morgan fingerprint density at radius 1 is 1.58 bits per heavy atom. The first-order valence-corrected chi connectivity index (χ1v) is 3.81. The first kappa shape index (κ1) is 7.57. The maximum Gasteiger partial charge on any atom is 0.195 e. The minimum Gasteiger partial charge on any atom is -0.371 e. The minimum atomic E-state index is -0.693. The van der Waals surface area contributed by atoms with Gasteiger partial charge in [-0.05, 0) is 6.92 Å². The molecular formula is C7H12N4O. The molecule has 0 aromatic carbocycles. The molecule has 2 aliphatic heterocycles. The Bertz CT molecular complexity index is 279. The van der Waals surface area contributed by atoms with Crippen molar-refractivity contribution in [1.82, 2.24) is 5.32 Å². The molecule has 0 aliphatic carbocycles. The standard InChI is InChI=1S/C7H12N4O/c1-7(9)4-2-12-3-5(4)10-6(8)11-7/h2-3,9H2,1H3,(H3,8,10,11). The number of nitrogens with two attached hydrogens (primary N) is 2. The Hall–Kier alpha value is -1.07. The van der Waals surface area contributed by atoms with Crippen LogP contribution in [0.15, 0.2) is 16.3 Å². The first-order valence-electron chi connectivity index (χ1n) is 3.81. The zero-order chi connectivity index (χ0) is 8.77. The molecule has 0 radical (unpaired) electrons. The van der Waals surface area contributed by atoms with Gasteiger partial charge in [-0.3, -0.25) is 0 Å². The molecule has 0 fully saturated rings. The zero-order valence-electron chi connectivity index (χ0n) is 6.92. The summed E-state index contributed by atoms with van der Waals surface area (Å²) in [4.78, 5) is 4.08. The van der Waals surface area contributed by atoms with Crippen molar-refractivity contribution in [1.29, 1.82) is 0 Å². The molecule has 5 heteroatoms. The van der Waals surface area contributed by atoms with E-state index in [0.717, 1.165) is 11.3 Å². The Balaban J connectivity index is 2.38. The molecule has 2 heterocycles. The summed E-state index contributed by atoms with van der Waals surface area (Å²) in [5, 5.41) is 2.94. The highest BCUT2D eigenvalue weighted by molar-refractivity contribution is 5.82. The van der Waals surface area contributed by atoms with Gasteiger partial charge in [0.05, 0.1) is 13.2 Å². The second-order valence-corrected chi connectivity index (χ2v) is 3.22. The molecule has 2 aliphatic rings. The smallest absolute Gasteiger partial charge is 0.195 e. The molecule has 0 saturated heterocycles. The lowest BCUT2D eigenvalue weighted by molar-refractivity contribution is 0.198. The average Bonchev–Trinajstić information content (AvgIpc) is 2.32. The van der Waals surface area contributed by atoms with Crippen LogP contribution < -0.4 is 16.8 Å². The minimum absolute atomic E-state index is 0.365. The number of guanidine groups is 1. The molecule has 0 aromatic heterocycles. The summed E-state index contributed by atoms with van der Waals surface area (Å²) in [6.07, 6.45) is 0. The van der Waals surface area contributed by atoms with Crippen molar-refractivity contribution in [2.75, 3.05) is 13.2 Å². The molecule has 1 atom stereocenters. The van der Waals surface area contributed by atoms with Crippen molar-refractivity contribution in [3.8, 4) is 0 Å². The maximum absolute atomic E-state index is 5.91. The third-order valence-corrected chi connectivity index (χ3v) is 2.10. The first-order chi connectivity index (χ1) is 5.59. The van der Waals surface area contributed by atoms with Gasteiger partial charge < -0.3 is 21.5 Å². The second-order valence-electron chi connectivity index (χ2n) is 3.22. The van der Waals surface area contributed by atoms with Gasteiger partial charge in [0, 0.05) is 11.3 Å². The largest absolute Gasteiger partial charge is 0.371 e. The number of aliphatic imine (C=N–C) groups is 1. The number of ether oxygens (including phenoxy) is 1. The van der Waals surface area contributed by atoms with Crippen molar-refractivity contribution < 1.29 is 4.74 Å². The van der Waals surface area contributed by atoms with Crippen molar-refractivity contribution in [2.24, 2.45) is 16.5 Å². The number of nitrogens with zero attached hydrogens (tertiary/aromatic N) is 1. The van der Waals surface area contributed by atoms with E-state index in [0.29, 0.717) is 19.2 Å². The molecule has 0 spiro atoms. The van der Waals surface area contributed by atoms with Crippen LogP contribution in [0.3, 0.4) is 0 Å². The van der Waals surface area contributed by atoms with Crippen LogP contribution in [0, 0.1) is 0 Å². The number of hydrogen-bond donors (Lipinski definition) is 3. The molecule has 2 rings (SSSR count). The highest BCUT2D eigenvalue weighted by atomic mass is 16.5. The maximum atomic E-state index is 5.91. The quantitative estimate of drug-likeness (QED) is 0.427. The Labute approximate surface area is 70.5 Å². The van der Waals surface area contributed by atoms with Crippen LogP contribution in [-0.4, -0.2) is 24.8 Å². The Morgan fingerprint density at radius 2 is 2.33 bits per heavy atom. The molecule has 5 N–H and O–H groups in total. The fourth-order valence-corrected chi connectivity index (χ4v) is 1.49. The highest BCUT2D eigenvalue weighted by Crippen LogP contribution is 2.25. The highest BCUT2D eigenvalue weighted by Gasteiger charge is 2.33.